The molecule has 0 spiro atoms. The Morgan fingerprint density at radius 3 is 2.83 bits per heavy atom. The topological polar surface area (TPSA) is 55.1 Å². The lowest BCUT2D eigenvalue weighted by molar-refractivity contribution is 0.272. The molecule has 0 amide bonds. The van der Waals surface area contributed by atoms with Crippen molar-refractivity contribution < 1.29 is 4.52 Å². The average Bonchev–Trinajstić information content (AvgIpc) is 3.47. The van der Waals surface area contributed by atoms with E-state index in [1.807, 2.05) is 18.4 Å². The second kappa shape index (κ2) is 7.69. The maximum atomic E-state index is 5.16. The highest BCUT2D eigenvalue weighted by Gasteiger charge is 2.19. The number of aromatic nitrogens is 3. The Morgan fingerprint density at radius 1 is 1.10 bits per heavy atom. The van der Waals surface area contributed by atoms with E-state index in [-0.39, 0.29) is 0 Å². The minimum absolute atomic E-state index is 0.726. The second-order valence-corrected chi connectivity index (χ2v) is 8.72. The van der Waals surface area contributed by atoms with Gasteiger partial charge in [0.1, 0.15) is 22.2 Å². The minimum Gasteiger partial charge on any atom is -0.361 e. The SMILES string of the molecule is Cc1cc(-c2nc(-c3ccc4cc(CCN5CCC[C@H]5C)ccc4n3)cs2)no1. The molecule has 4 aromatic rings. The van der Waals surface area contributed by atoms with E-state index in [4.69, 9.17) is 14.5 Å². The van der Waals surface area contributed by atoms with Gasteiger partial charge in [-0.05, 0) is 63.4 Å². The summed E-state index contributed by atoms with van der Waals surface area (Å²) in [7, 11) is 0. The summed E-state index contributed by atoms with van der Waals surface area (Å²) in [5.41, 5.74) is 4.92. The molecule has 5 nitrogen and oxygen atoms in total. The fourth-order valence-corrected chi connectivity index (χ4v) is 4.81. The number of likely N-dealkylation sites (tertiary alicyclic amines) is 1. The van der Waals surface area contributed by atoms with Crippen LogP contribution in [0.25, 0.3) is 33.0 Å². The van der Waals surface area contributed by atoms with Gasteiger partial charge in [0, 0.05) is 29.4 Å². The molecule has 0 N–H and O–H groups in total. The number of thiazole rings is 1. The Bertz CT molecular complexity index is 1150. The lowest BCUT2D eigenvalue weighted by atomic mass is 10.1. The molecule has 29 heavy (non-hydrogen) atoms. The number of pyridine rings is 1. The van der Waals surface area contributed by atoms with Crippen molar-refractivity contribution in [2.24, 2.45) is 0 Å². The van der Waals surface area contributed by atoms with Gasteiger partial charge in [0.2, 0.25) is 0 Å². The number of aryl methyl sites for hydroxylation is 1. The highest BCUT2D eigenvalue weighted by Crippen LogP contribution is 2.29. The summed E-state index contributed by atoms with van der Waals surface area (Å²) in [5, 5.41) is 8.11. The van der Waals surface area contributed by atoms with Crippen molar-refractivity contribution >= 4 is 22.2 Å². The van der Waals surface area contributed by atoms with Crippen molar-refractivity contribution in [1.29, 1.82) is 0 Å². The van der Waals surface area contributed by atoms with Crippen molar-refractivity contribution in [2.45, 2.75) is 39.2 Å². The third-order valence-electron chi connectivity index (χ3n) is 5.75. The van der Waals surface area contributed by atoms with Crippen LogP contribution in [0.15, 0.2) is 46.3 Å². The van der Waals surface area contributed by atoms with Crippen LogP contribution < -0.4 is 0 Å². The summed E-state index contributed by atoms with van der Waals surface area (Å²) in [5.74, 6) is 0.788. The van der Waals surface area contributed by atoms with Crippen LogP contribution in [0.3, 0.4) is 0 Å². The van der Waals surface area contributed by atoms with Crippen molar-refractivity contribution in [2.75, 3.05) is 13.1 Å². The van der Waals surface area contributed by atoms with Crippen molar-refractivity contribution in [3.63, 3.8) is 0 Å². The van der Waals surface area contributed by atoms with Gasteiger partial charge in [-0.2, -0.15) is 0 Å². The molecule has 3 aromatic heterocycles. The first-order chi connectivity index (χ1) is 14.2. The van der Waals surface area contributed by atoms with Crippen LogP contribution in [0, 0.1) is 6.92 Å². The van der Waals surface area contributed by atoms with Crippen LogP contribution in [0.1, 0.15) is 31.1 Å². The second-order valence-electron chi connectivity index (χ2n) is 7.86. The zero-order chi connectivity index (χ0) is 19.8. The van der Waals surface area contributed by atoms with E-state index in [0.29, 0.717) is 0 Å². The van der Waals surface area contributed by atoms with Gasteiger partial charge in [-0.25, -0.2) is 9.97 Å². The largest absolute Gasteiger partial charge is 0.361 e. The van der Waals surface area contributed by atoms with Crippen molar-refractivity contribution in [3.05, 3.63) is 53.1 Å². The van der Waals surface area contributed by atoms with Crippen molar-refractivity contribution in [1.82, 2.24) is 20.0 Å². The number of fused-ring (bicyclic) bond motifs is 1. The Kier molecular flexibility index (Phi) is 4.89. The Labute approximate surface area is 174 Å². The summed E-state index contributed by atoms with van der Waals surface area (Å²) in [6.45, 7) is 6.60. The van der Waals surface area contributed by atoms with Gasteiger partial charge >= 0.3 is 0 Å². The first-order valence-electron chi connectivity index (χ1n) is 10.2. The first kappa shape index (κ1) is 18.5. The monoisotopic (exact) mass is 404 g/mol. The fraction of sp³-hybridized carbons (Fsp3) is 0.348. The van der Waals surface area contributed by atoms with Crippen LogP contribution >= 0.6 is 11.3 Å². The van der Waals surface area contributed by atoms with Gasteiger partial charge in [-0.3, -0.25) is 0 Å². The van der Waals surface area contributed by atoms with Gasteiger partial charge in [-0.1, -0.05) is 17.3 Å². The van der Waals surface area contributed by atoms with Gasteiger partial charge in [-0.15, -0.1) is 11.3 Å². The first-order valence-corrected chi connectivity index (χ1v) is 11.1. The molecule has 0 aliphatic carbocycles. The van der Waals surface area contributed by atoms with Gasteiger partial charge in [0.15, 0.2) is 0 Å². The lowest BCUT2D eigenvalue weighted by Gasteiger charge is -2.20. The predicted molar refractivity (Wildman–Crippen MR) is 117 cm³/mol. The van der Waals surface area contributed by atoms with Crippen molar-refractivity contribution in [3.8, 4) is 22.1 Å². The van der Waals surface area contributed by atoms with Crippen LogP contribution in [0.2, 0.25) is 0 Å². The Balaban J connectivity index is 1.35. The van der Waals surface area contributed by atoms with E-state index < -0.39 is 0 Å². The molecule has 0 unspecified atom stereocenters. The highest BCUT2D eigenvalue weighted by molar-refractivity contribution is 7.13. The van der Waals surface area contributed by atoms with Gasteiger partial charge < -0.3 is 9.42 Å². The van der Waals surface area contributed by atoms with Gasteiger partial charge in [0.05, 0.1) is 11.2 Å². The van der Waals surface area contributed by atoms with Crippen LogP contribution in [-0.4, -0.2) is 39.2 Å². The third-order valence-corrected chi connectivity index (χ3v) is 6.61. The normalized spacial score (nSPS) is 17.4. The summed E-state index contributed by atoms with van der Waals surface area (Å²) in [6, 6.07) is 13.5. The quantitative estimate of drug-likeness (QED) is 0.449. The predicted octanol–water partition coefficient (Wildman–Crippen LogP) is 5.35. The standard InChI is InChI=1S/C23H24N4OS/c1-15-4-3-10-27(15)11-9-17-5-7-19-18(13-17)6-8-20(24-19)22-14-29-23(25-22)21-12-16(2)28-26-21/h5-8,12-15H,3-4,9-11H2,1-2H3/t15-/m1/s1. The molecule has 0 radical (unpaired) electrons. The van der Waals surface area contributed by atoms with Crippen LogP contribution in [0.4, 0.5) is 0 Å². The third kappa shape index (κ3) is 3.82. The van der Waals surface area contributed by atoms with Gasteiger partial charge in [0.25, 0.3) is 0 Å². The Morgan fingerprint density at radius 2 is 2.03 bits per heavy atom. The summed E-state index contributed by atoms with van der Waals surface area (Å²) in [4.78, 5) is 12.1. The maximum absolute atomic E-state index is 5.16. The molecule has 1 aliphatic heterocycles. The molecule has 1 aliphatic rings. The summed E-state index contributed by atoms with van der Waals surface area (Å²) in [6.07, 6.45) is 3.76. The highest BCUT2D eigenvalue weighted by atomic mass is 32.1. The molecule has 1 saturated heterocycles. The fourth-order valence-electron chi connectivity index (χ4n) is 4.05. The molecule has 1 fully saturated rings. The molecule has 0 bridgehead atoms. The molecular weight excluding hydrogens is 380 g/mol. The molecule has 1 aromatic carbocycles. The van der Waals surface area contributed by atoms with Crippen LogP contribution in [-0.2, 0) is 6.42 Å². The molecule has 148 valence electrons. The Hall–Kier alpha value is -2.57. The number of hydrogen-bond acceptors (Lipinski definition) is 6. The maximum Gasteiger partial charge on any atom is 0.146 e. The summed E-state index contributed by atoms with van der Waals surface area (Å²) < 4.78 is 5.16. The van der Waals surface area contributed by atoms with E-state index in [0.717, 1.165) is 52.4 Å². The van der Waals surface area contributed by atoms with E-state index in [1.54, 1.807) is 11.3 Å². The average molecular weight is 405 g/mol. The molecule has 6 heteroatoms. The number of hydrogen-bond donors (Lipinski definition) is 0. The minimum atomic E-state index is 0.726. The van der Waals surface area contributed by atoms with E-state index in [1.165, 1.54) is 30.3 Å². The zero-order valence-electron chi connectivity index (χ0n) is 16.8. The summed E-state index contributed by atoms with van der Waals surface area (Å²) >= 11 is 1.56. The number of nitrogens with zero attached hydrogens (tertiary/aromatic N) is 4. The van der Waals surface area contributed by atoms with E-state index in [2.05, 4.69) is 47.3 Å². The molecular formula is C23H24N4OS. The number of benzene rings is 1. The molecule has 0 saturated carbocycles. The number of rotatable bonds is 5. The van der Waals surface area contributed by atoms with E-state index in [9.17, 15) is 0 Å². The zero-order valence-corrected chi connectivity index (χ0v) is 17.6. The lowest BCUT2D eigenvalue weighted by Crippen LogP contribution is -2.28. The smallest absolute Gasteiger partial charge is 0.146 e. The van der Waals surface area contributed by atoms with Crippen LogP contribution in [0.5, 0.6) is 0 Å². The molecule has 5 rings (SSSR count). The van der Waals surface area contributed by atoms with E-state index >= 15 is 0 Å². The molecule has 1 atom stereocenters. The molecule has 4 heterocycles.